The van der Waals surface area contributed by atoms with Crippen molar-refractivity contribution in [1.29, 1.82) is 0 Å². The van der Waals surface area contributed by atoms with E-state index in [0.29, 0.717) is 38.1 Å². The van der Waals surface area contributed by atoms with E-state index in [-0.39, 0.29) is 17.8 Å². The summed E-state index contributed by atoms with van der Waals surface area (Å²) in [5.74, 6) is -0.262. The molecule has 0 saturated carbocycles. The average molecular weight is 344 g/mol. The number of hydrogen-bond donors (Lipinski definition) is 0. The summed E-state index contributed by atoms with van der Waals surface area (Å²) in [6, 6.07) is 7.69. The van der Waals surface area contributed by atoms with Gasteiger partial charge < -0.3 is 9.64 Å². The lowest BCUT2D eigenvalue weighted by Crippen LogP contribution is -2.40. The van der Waals surface area contributed by atoms with Crippen molar-refractivity contribution in [1.82, 2.24) is 9.88 Å². The van der Waals surface area contributed by atoms with E-state index in [2.05, 4.69) is 4.98 Å². The first-order chi connectivity index (χ1) is 11.7. The van der Waals surface area contributed by atoms with Crippen molar-refractivity contribution in [2.24, 2.45) is 5.92 Å². The molecule has 0 aliphatic carbocycles. The third-order valence-electron chi connectivity index (χ3n) is 4.19. The Morgan fingerprint density at radius 2 is 2.08 bits per heavy atom. The number of ether oxygens (including phenoxy) is 1. The quantitative estimate of drug-likeness (QED) is 0.799. The van der Waals surface area contributed by atoms with Gasteiger partial charge in [-0.25, -0.2) is 0 Å². The molecule has 0 radical (unpaired) electrons. The molecule has 0 aromatic carbocycles. The summed E-state index contributed by atoms with van der Waals surface area (Å²) < 4.78 is 5.06. The first-order valence-corrected chi connectivity index (χ1v) is 9.03. The zero-order chi connectivity index (χ0) is 16.9. The maximum Gasteiger partial charge on any atom is 0.309 e. The molecule has 2 aromatic rings. The summed E-state index contributed by atoms with van der Waals surface area (Å²) >= 11 is 1.62. The Kier molecular flexibility index (Phi) is 5.25. The van der Waals surface area contributed by atoms with Gasteiger partial charge in [0.05, 0.1) is 28.7 Å². The topological polar surface area (TPSA) is 59.5 Å². The van der Waals surface area contributed by atoms with Gasteiger partial charge in [-0.2, -0.15) is 0 Å². The summed E-state index contributed by atoms with van der Waals surface area (Å²) in [4.78, 5) is 31.6. The second-order valence-electron chi connectivity index (χ2n) is 5.73. The van der Waals surface area contributed by atoms with Gasteiger partial charge >= 0.3 is 5.97 Å². The maximum absolute atomic E-state index is 12.6. The standard InChI is InChI=1S/C18H20N2O3S/c1-2-23-18(22)13-7-9-20(10-8-13)17(21)14-5-6-15(19-12-14)16-4-3-11-24-16/h3-6,11-13H,2,7-10H2,1H3. The summed E-state index contributed by atoms with van der Waals surface area (Å²) in [6.07, 6.45) is 2.95. The van der Waals surface area contributed by atoms with E-state index in [1.807, 2.05) is 36.6 Å². The third-order valence-corrected chi connectivity index (χ3v) is 5.08. The van der Waals surface area contributed by atoms with Crippen molar-refractivity contribution in [3.63, 3.8) is 0 Å². The van der Waals surface area contributed by atoms with Gasteiger partial charge in [-0.15, -0.1) is 11.3 Å². The minimum Gasteiger partial charge on any atom is -0.466 e. The number of hydrogen-bond acceptors (Lipinski definition) is 5. The highest BCUT2D eigenvalue weighted by molar-refractivity contribution is 7.13. The number of rotatable bonds is 4. The second-order valence-corrected chi connectivity index (χ2v) is 6.68. The first kappa shape index (κ1) is 16.6. The molecule has 1 aliphatic heterocycles. The number of carbonyl (C=O) groups excluding carboxylic acids is 2. The number of carbonyl (C=O) groups is 2. The Morgan fingerprint density at radius 1 is 1.29 bits per heavy atom. The highest BCUT2D eigenvalue weighted by Gasteiger charge is 2.28. The molecule has 6 heteroatoms. The van der Waals surface area contributed by atoms with Crippen molar-refractivity contribution in [3.05, 3.63) is 41.4 Å². The lowest BCUT2D eigenvalue weighted by molar-refractivity contribution is -0.149. The van der Waals surface area contributed by atoms with E-state index in [1.165, 1.54) is 0 Å². The van der Waals surface area contributed by atoms with Crippen LogP contribution < -0.4 is 0 Å². The van der Waals surface area contributed by atoms with Crippen molar-refractivity contribution in [2.45, 2.75) is 19.8 Å². The van der Waals surface area contributed by atoms with Crippen molar-refractivity contribution in [2.75, 3.05) is 19.7 Å². The van der Waals surface area contributed by atoms with Crippen LogP contribution in [0.4, 0.5) is 0 Å². The molecule has 2 aromatic heterocycles. The van der Waals surface area contributed by atoms with Crippen molar-refractivity contribution >= 4 is 23.2 Å². The molecule has 0 N–H and O–H groups in total. The predicted molar refractivity (Wildman–Crippen MR) is 92.8 cm³/mol. The van der Waals surface area contributed by atoms with Gasteiger partial charge in [0.1, 0.15) is 0 Å². The molecule has 0 unspecified atom stereocenters. The van der Waals surface area contributed by atoms with Gasteiger partial charge in [-0.1, -0.05) is 6.07 Å². The summed E-state index contributed by atoms with van der Waals surface area (Å²) in [5, 5.41) is 2.00. The number of esters is 1. The zero-order valence-electron chi connectivity index (χ0n) is 13.6. The zero-order valence-corrected chi connectivity index (χ0v) is 14.4. The van der Waals surface area contributed by atoms with Gasteiger partial charge in [-0.3, -0.25) is 14.6 Å². The molecule has 3 rings (SSSR count). The monoisotopic (exact) mass is 344 g/mol. The van der Waals surface area contributed by atoms with E-state index in [0.717, 1.165) is 10.6 Å². The van der Waals surface area contributed by atoms with Crippen LogP contribution in [0.2, 0.25) is 0 Å². The van der Waals surface area contributed by atoms with Crippen LogP contribution in [0.3, 0.4) is 0 Å². The van der Waals surface area contributed by atoms with Gasteiger partial charge in [0, 0.05) is 19.3 Å². The smallest absolute Gasteiger partial charge is 0.309 e. The number of thiophene rings is 1. The van der Waals surface area contributed by atoms with Crippen LogP contribution >= 0.6 is 11.3 Å². The molecular weight excluding hydrogens is 324 g/mol. The molecule has 1 fully saturated rings. The molecule has 24 heavy (non-hydrogen) atoms. The third kappa shape index (κ3) is 3.64. The van der Waals surface area contributed by atoms with Gasteiger partial charge in [0.25, 0.3) is 5.91 Å². The lowest BCUT2D eigenvalue weighted by Gasteiger charge is -2.30. The number of pyridine rings is 1. The fraction of sp³-hybridized carbons (Fsp3) is 0.389. The number of amides is 1. The van der Waals surface area contributed by atoms with Gasteiger partial charge in [0.15, 0.2) is 0 Å². The SMILES string of the molecule is CCOC(=O)C1CCN(C(=O)c2ccc(-c3cccs3)nc2)CC1. The Bertz CT molecular complexity index is 690. The van der Waals surface area contributed by atoms with Crippen LogP contribution in [0, 0.1) is 5.92 Å². The van der Waals surface area contributed by atoms with E-state index >= 15 is 0 Å². The van der Waals surface area contributed by atoms with E-state index < -0.39 is 0 Å². The van der Waals surface area contributed by atoms with Crippen LogP contribution in [0.25, 0.3) is 10.6 Å². The normalized spacial score (nSPS) is 15.3. The summed E-state index contributed by atoms with van der Waals surface area (Å²) in [5.41, 5.74) is 1.47. The van der Waals surface area contributed by atoms with Crippen LogP contribution in [0.5, 0.6) is 0 Å². The first-order valence-electron chi connectivity index (χ1n) is 8.15. The average Bonchev–Trinajstić information content (AvgIpc) is 3.16. The summed E-state index contributed by atoms with van der Waals surface area (Å²) in [6.45, 7) is 3.37. The number of nitrogens with zero attached hydrogens (tertiary/aromatic N) is 2. The second kappa shape index (κ2) is 7.57. The Hall–Kier alpha value is -2.21. The highest BCUT2D eigenvalue weighted by atomic mass is 32.1. The molecule has 1 saturated heterocycles. The number of aromatic nitrogens is 1. The largest absolute Gasteiger partial charge is 0.466 e. The van der Waals surface area contributed by atoms with Gasteiger partial charge in [0.2, 0.25) is 0 Å². The minimum absolute atomic E-state index is 0.0254. The van der Waals surface area contributed by atoms with E-state index in [9.17, 15) is 9.59 Å². The molecule has 0 spiro atoms. The fourth-order valence-electron chi connectivity index (χ4n) is 2.85. The Balaban J connectivity index is 1.60. The molecule has 1 amide bonds. The molecule has 5 nitrogen and oxygen atoms in total. The van der Waals surface area contributed by atoms with E-state index in [4.69, 9.17) is 4.74 Å². The van der Waals surface area contributed by atoms with Crippen molar-refractivity contribution in [3.8, 4) is 10.6 Å². The van der Waals surface area contributed by atoms with Crippen LogP contribution in [-0.4, -0.2) is 41.5 Å². The molecule has 1 aliphatic rings. The molecule has 0 atom stereocenters. The number of likely N-dealkylation sites (tertiary alicyclic amines) is 1. The predicted octanol–water partition coefficient (Wildman–Crippen LogP) is 3.23. The van der Waals surface area contributed by atoms with Crippen LogP contribution in [-0.2, 0) is 9.53 Å². The number of piperidine rings is 1. The molecule has 126 valence electrons. The fourth-order valence-corrected chi connectivity index (χ4v) is 3.55. The minimum atomic E-state index is -0.147. The lowest BCUT2D eigenvalue weighted by atomic mass is 9.96. The Morgan fingerprint density at radius 3 is 2.67 bits per heavy atom. The van der Waals surface area contributed by atoms with E-state index in [1.54, 1.807) is 22.4 Å². The van der Waals surface area contributed by atoms with Crippen molar-refractivity contribution < 1.29 is 14.3 Å². The van der Waals surface area contributed by atoms with Crippen LogP contribution in [0.1, 0.15) is 30.1 Å². The van der Waals surface area contributed by atoms with Gasteiger partial charge in [-0.05, 0) is 43.3 Å². The molecular formula is C18H20N2O3S. The highest BCUT2D eigenvalue weighted by Crippen LogP contribution is 2.24. The summed E-state index contributed by atoms with van der Waals surface area (Å²) in [7, 11) is 0. The van der Waals surface area contributed by atoms with Crippen LogP contribution in [0.15, 0.2) is 35.8 Å². The molecule has 3 heterocycles. The maximum atomic E-state index is 12.6. The Labute approximate surface area is 145 Å². The molecule has 0 bridgehead atoms.